The van der Waals surface area contributed by atoms with Crippen LogP contribution in [0.4, 0.5) is 0 Å². The van der Waals surface area contributed by atoms with Crippen LogP contribution in [0.2, 0.25) is 0 Å². The summed E-state index contributed by atoms with van der Waals surface area (Å²) in [6, 6.07) is 9.22. The third kappa shape index (κ3) is 2.50. The van der Waals surface area contributed by atoms with Crippen molar-refractivity contribution >= 4 is 5.57 Å². The standard InChI is InChI=1S/C13H15.C10H15.Hf/c1-3-10-9-11(4-2)13-8-6-5-7-12(10)13;1-7-6-10(4,5)9(3)8(7)2;/h5-9H,3-4H2,1-2H3;1-5H3;. The van der Waals surface area contributed by atoms with Crippen molar-refractivity contribution in [2.24, 2.45) is 5.41 Å². The van der Waals surface area contributed by atoms with Crippen LogP contribution in [0.25, 0.3) is 5.57 Å². The van der Waals surface area contributed by atoms with Gasteiger partial charge in [0.2, 0.25) is 0 Å². The molecule has 0 heterocycles. The van der Waals surface area contributed by atoms with E-state index in [4.69, 9.17) is 0 Å². The molecule has 0 spiro atoms. The zero-order chi connectivity index (χ0) is 17.7. The first kappa shape index (κ1) is 18.1. The van der Waals surface area contributed by atoms with Gasteiger partial charge in [-0.2, -0.15) is 0 Å². The van der Waals surface area contributed by atoms with Gasteiger partial charge >= 0.3 is 160 Å². The normalized spacial score (nSPS) is 25.2. The van der Waals surface area contributed by atoms with Crippen molar-refractivity contribution in [3.05, 3.63) is 61.5 Å². The fourth-order valence-corrected chi connectivity index (χ4v) is 12.0. The molecule has 0 aliphatic heterocycles. The van der Waals surface area contributed by atoms with Gasteiger partial charge in [-0.15, -0.1) is 0 Å². The van der Waals surface area contributed by atoms with E-state index in [1.807, 2.05) is 3.33 Å². The number of allylic oxidation sites excluding steroid dienone is 6. The van der Waals surface area contributed by atoms with E-state index in [2.05, 4.69) is 78.8 Å². The number of fused-ring (bicyclic) bond motifs is 1. The molecule has 1 unspecified atom stereocenters. The van der Waals surface area contributed by atoms with Crippen LogP contribution in [0.3, 0.4) is 0 Å². The van der Waals surface area contributed by atoms with E-state index in [-0.39, 0.29) is 5.41 Å². The van der Waals surface area contributed by atoms with Gasteiger partial charge in [0.1, 0.15) is 0 Å². The zero-order valence-corrected chi connectivity index (χ0v) is 19.9. The Morgan fingerprint density at radius 1 is 0.958 bits per heavy atom. The van der Waals surface area contributed by atoms with Crippen LogP contribution in [-0.4, -0.2) is 0 Å². The van der Waals surface area contributed by atoms with Crippen LogP contribution in [0.5, 0.6) is 0 Å². The van der Waals surface area contributed by atoms with Gasteiger partial charge in [0.25, 0.3) is 0 Å². The van der Waals surface area contributed by atoms with E-state index < -0.39 is 22.9 Å². The molecule has 126 valence electrons. The molecule has 1 aromatic rings. The molecule has 3 rings (SSSR count). The van der Waals surface area contributed by atoms with Crippen molar-refractivity contribution in [1.29, 1.82) is 0 Å². The molecular weight excluding hydrogens is 455 g/mol. The summed E-state index contributed by atoms with van der Waals surface area (Å²) in [5.74, 6) is 0. The van der Waals surface area contributed by atoms with Gasteiger partial charge in [-0.05, 0) is 0 Å². The Morgan fingerprint density at radius 3 is 2.17 bits per heavy atom. The third-order valence-corrected chi connectivity index (χ3v) is 15.4. The van der Waals surface area contributed by atoms with Crippen LogP contribution in [0.1, 0.15) is 72.4 Å². The molecule has 2 aliphatic carbocycles. The summed E-state index contributed by atoms with van der Waals surface area (Å²) in [5.41, 5.74) is 9.78. The SMILES string of the molecule is CCC1=C[C](CC)([Hf][C]2=C(C)C(C)=C(C)C2(C)C)c2ccccc21. The quantitative estimate of drug-likeness (QED) is 0.411. The van der Waals surface area contributed by atoms with Gasteiger partial charge in [-0.3, -0.25) is 0 Å². The Bertz CT molecular complexity index is 773. The predicted octanol–water partition coefficient (Wildman–Crippen LogP) is 6.83. The van der Waals surface area contributed by atoms with Gasteiger partial charge in [0.05, 0.1) is 0 Å². The summed E-state index contributed by atoms with van der Waals surface area (Å²) in [6.45, 7) is 16.7. The summed E-state index contributed by atoms with van der Waals surface area (Å²) in [7, 11) is 0. The second-order valence-electron chi connectivity index (χ2n) is 7.89. The molecule has 0 fully saturated rings. The van der Waals surface area contributed by atoms with Crippen molar-refractivity contribution in [3.63, 3.8) is 0 Å². The van der Waals surface area contributed by atoms with Crippen molar-refractivity contribution in [2.75, 3.05) is 0 Å². The molecule has 0 N–H and O–H groups in total. The van der Waals surface area contributed by atoms with Crippen LogP contribution in [-0.2, 0) is 26.1 Å². The second kappa shape index (κ2) is 6.24. The van der Waals surface area contributed by atoms with Crippen LogP contribution in [0.15, 0.2) is 50.4 Å². The number of benzene rings is 1. The summed E-state index contributed by atoms with van der Waals surface area (Å²) < 4.78 is 2.20. The third-order valence-electron chi connectivity index (χ3n) is 6.52. The van der Waals surface area contributed by atoms with Crippen LogP contribution in [0, 0.1) is 5.41 Å². The minimum absolute atomic E-state index is 0.275. The molecule has 2 aliphatic rings. The molecule has 0 bridgehead atoms. The van der Waals surface area contributed by atoms with E-state index in [1.165, 1.54) is 12.0 Å². The van der Waals surface area contributed by atoms with Crippen molar-refractivity contribution in [2.45, 2.75) is 64.5 Å². The topological polar surface area (TPSA) is 0 Å². The Morgan fingerprint density at radius 2 is 1.62 bits per heavy atom. The molecule has 0 saturated carbocycles. The summed E-state index contributed by atoms with van der Waals surface area (Å²) in [6.07, 6.45) is 5.08. The molecule has 24 heavy (non-hydrogen) atoms. The summed E-state index contributed by atoms with van der Waals surface area (Å²) >= 11 is -1.08. The monoisotopic (exact) mass is 486 g/mol. The van der Waals surface area contributed by atoms with Crippen LogP contribution >= 0.6 is 0 Å². The molecule has 1 aromatic carbocycles. The number of rotatable bonds is 4. The number of hydrogen-bond acceptors (Lipinski definition) is 0. The van der Waals surface area contributed by atoms with Crippen LogP contribution < -0.4 is 0 Å². The molecule has 0 radical (unpaired) electrons. The maximum absolute atomic E-state index is 2.68. The van der Waals surface area contributed by atoms with Gasteiger partial charge in [-0.25, -0.2) is 0 Å². The van der Waals surface area contributed by atoms with E-state index >= 15 is 0 Å². The van der Waals surface area contributed by atoms with E-state index in [0.29, 0.717) is 3.17 Å². The molecule has 1 heteroatoms. The van der Waals surface area contributed by atoms with E-state index in [1.54, 1.807) is 27.9 Å². The average molecular weight is 485 g/mol. The number of hydrogen-bond donors (Lipinski definition) is 0. The minimum atomic E-state index is -1.08. The first-order valence-corrected chi connectivity index (χ1v) is 12.9. The van der Waals surface area contributed by atoms with Crippen molar-refractivity contribution in [3.8, 4) is 0 Å². The van der Waals surface area contributed by atoms with Gasteiger partial charge in [0, 0.05) is 0 Å². The maximum atomic E-state index is 2.68. The Kier molecular flexibility index (Phi) is 4.71. The summed E-state index contributed by atoms with van der Waals surface area (Å²) in [5, 5.41) is 0. The van der Waals surface area contributed by atoms with E-state index in [0.717, 1.165) is 6.42 Å². The predicted molar refractivity (Wildman–Crippen MR) is 102 cm³/mol. The average Bonchev–Trinajstić information content (AvgIpc) is 2.98. The second-order valence-corrected chi connectivity index (χ2v) is 13.8. The fourth-order valence-electron chi connectivity index (χ4n) is 4.45. The molecule has 0 aromatic heterocycles. The molecule has 0 amide bonds. The molecule has 1 atom stereocenters. The van der Waals surface area contributed by atoms with E-state index in [9.17, 15) is 0 Å². The van der Waals surface area contributed by atoms with Gasteiger partial charge in [0.15, 0.2) is 0 Å². The molecule has 0 nitrogen and oxygen atoms in total. The first-order valence-electron chi connectivity index (χ1n) is 9.28. The van der Waals surface area contributed by atoms with Gasteiger partial charge < -0.3 is 0 Å². The molecular formula is C23H30Hf. The zero-order valence-electron chi connectivity index (χ0n) is 16.3. The Labute approximate surface area is 159 Å². The van der Waals surface area contributed by atoms with Gasteiger partial charge in [-0.1, -0.05) is 0 Å². The van der Waals surface area contributed by atoms with Crippen molar-refractivity contribution in [1.82, 2.24) is 0 Å². The summed E-state index contributed by atoms with van der Waals surface area (Å²) in [4.78, 5) is 0. The Hall–Kier alpha value is -0.690. The van der Waals surface area contributed by atoms with Crippen molar-refractivity contribution < 1.29 is 22.9 Å². The first-order chi connectivity index (χ1) is 11.3. The fraction of sp³-hybridized carbons (Fsp3) is 0.478. The molecule has 0 saturated heterocycles. The Balaban J connectivity index is 2.11.